The smallest absolute Gasteiger partial charge is 0.134 e. The molecule has 1 rings (SSSR count). The second-order valence-electron chi connectivity index (χ2n) is 2.68. The molecular weight excluding hydrogens is 195 g/mol. The predicted molar refractivity (Wildman–Crippen MR) is 50.8 cm³/mol. The summed E-state index contributed by atoms with van der Waals surface area (Å²) in [4.78, 5) is 8.15. The normalized spacial score (nSPS) is 13.0. The second-order valence-corrected chi connectivity index (χ2v) is 3.46. The SMILES string of the molecule is CCC(C)c1nc(Cl)cc(Cl)n1. The van der Waals surface area contributed by atoms with Crippen LogP contribution in [0.1, 0.15) is 32.0 Å². The molecule has 0 aromatic carbocycles. The van der Waals surface area contributed by atoms with Crippen LogP contribution in [0.5, 0.6) is 0 Å². The minimum Gasteiger partial charge on any atom is -0.221 e. The summed E-state index contributed by atoms with van der Waals surface area (Å²) in [7, 11) is 0. The van der Waals surface area contributed by atoms with E-state index in [1.807, 2.05) is 6.92 Å². The van der Waals surface area contributed by atoms with Crippen LogP contribution in [0.15, 0.2) is 6.07 Å². The van der Waals surface area contributed by atoms with Gasteiger partial charge in [0.1, 0.15) is 16.1 Å². The highest BCUT2D eigenvalue weighted by molar-refractivity contribution is 6.33. The summed E-state index contributed by atoms with van der Waals surface area (Å²) >= 11 is 11.4. The maximum atomic E-state index is 5.72. The highest BCUT2D eigenvalue weighted by Gasteiger charge is 2.07. The van der Waals surface area contributed by atoms with Crippen molar-refractivity contribution in [3.8, 4) is 0 Å². The van der Waals surface area contributed by atoms with E-state index in [9.17, 15) is 0 Å². The van der Waals surface area contributed by atoms with Crippen LogP contribution in [0.2, 0.25) is 10.3 Å². The minimum atomic E-state index is 0.307. The van der Waals surface area contributed by atoms with E-state index in [0.29, 0.717) is 16.2 Å². The summed E-state index contributed by atoms with van der Waals surface area (Å²) in [5.41, 5.74) is 0. The molecule has 0 fully saturated rings. The molecule has 0 aliphatic carbocycles. The Kier molecular flexibility index (Phi) is 3.29. The average molecular weight is 205 g/mol. The zero-order valence-electron chi connectivity index (χ0n) is 7.01. The fourth-order valence-electron chi connectivity index (χ4n) is 0.810. The average Bonchev–Trinajstić information content (AvgIpc) is 2.01. The van der Waals surface area contributed by atoms with Gasteiger partial charge in [-0.15, -0.1) is 0 Å². The molecule has 1 atom stereocenters. The van der Waals surface area contributed by atoms with E-state index in [0.717, 1.165) is 12.2 Å². The van der Waals surface area contributed by atoms with E-state index in [-0.39, 0.29) is 0 Å². The van der Waals surface area contributed by atoms with Gasteiger partial charge in [-0.25, -0.2) is 9.97 Å². The Balaban J connectivity index is 3.00. The third-order valence-electron chi connectivity index (χ3n) is 1.73. The molecule has 1 aromatic rings. The number of rotatable bonds is 2. The Bertz CT molecular complexity index is 256. The Labute approximate surface area is 81.9 Å². The standard InChI is InChI=1S/C8H10Cl2N2/c1-3-5(2)8-11-6(9)4-7(10)12-8/h4-5H,3H2,1-2H3. The molecule has 12 heavy (non-hydrogen) atoms. The quantitative estimate of drug-likeness (QED) is 0.692. The summed E-state index contributed by atoms with van der Waals surface area (Å²) in [5, 5.41) is 0.815. The lowest BCUT2D eigenvalue weighted by Crippen LogP contribution is -1.99. The number of hydrogen-bond acceptors (Lipinski definition) is 2. The van der Waals surface area contributed by atoms with Gasteiger partial charge < -0.3 is 0 Å². The first-order valence-corrected chi connectivity index (χ1v) is 4.59. The van der Waals surface area contributed by atoms with E-state index in [1.54, 1.807) is 0 Å². The number of halogens is 2. The highest BCUT2D eigenvalue weighted by Crippen LogP contribution is 2.19. The molecule has 1 aromatic heterocycles. The van der Waals surface area contributed by atoms with Crippen LogP contribution in [0.4, 0.5) is 0 Å². The first-order chi connectivity index (χ1) is 5.63. The largest absolute Gasteiger partial charge is 0.221 e. The van der Waals surface area contributed by atoms with Crippen LogP contribution in [-0.4, -0.2) is 9.97 Å². The van der Waals surface area contributed by atoms with Crippen molar-refractivity contribution in [2.75, 3.05) is 0 Å². The Morgan fingerprint density at radius 1 is 1.33 bits per heavy atom. The van der Waals surface area contributed by atoms with Crippen molar-refractivity contribution in [1.82, 2.24) is 9.97 Å². The third kappa shape index (κ3) is 2.32. The van der Waals surface area contributed by atoms with Crippen molar-refractivity contribution < 1.29 is 0 Å². The molecule has 0 spiro atoms. The van der Waals surface area contributed by atoms with Crippen molar-refractivity contribution in [2.45, 2.75) is 26.2 Å². The molecule has 0 saturated carbocycles. The van der Waals surface area contributed by atoms with Crippen molar-refractivity contribution in [3.05, 3.63) is 22.2 Å². The molecule has 0 amide bonds. The fourth-order valence-corrected chi connectivity index (χ4v) is 1.25. The predicted octanol–water partition coefficient (Wildman–Crippen LogP) is 3.30. The lowest BCUT2D eigenvalue weighted by molar-refractivity contribution is 0.678. The number of nitrogens with zero attached hydrogens (tertiary/aromatic N) is 2. The van der Waals surface area contributed by atoms with Gasteiger partial charge in [-0.05, 0) is 6.42 Å². The first-order valence-electron chi connectivity index (χ1n) is 3.83. The van der Waals surface area contributed by atoms with Gasteiger partial charge in [-0.3, -0.25) is 0 Å². The number of hydrogen-bond donors (Lipinski definition) is 0. The molecule has 1 unspecified atom stereocenters. The maximum absolute atomic E-state index is 5.72. The maximum Gasteiger partial charge on any atom is 0.134 e. The van der Waals surface area contributed by atoms with Crippen LogP contribution in [0.3, 0.4) is 0 Å². The van der Waals surface area contributed by atoms with Crippen LogP contribution < -0.4 is 0 Å². The number of aromatic nitrogens is 2. The lowest BCUT2D eigenvalue weighted by Gasteiger charge is -2.06. The van der Waals surface area contributed by atoms with Gasteiger partial charge in [-0.2, -0.15) is 0 Å². The van der Waals surface area contributed by atoms with Gasteiger partial charge in [0.05, 0.1) is 0 Å². The van der Waals surface area contributed by atoms with Crippen molar-refractivity contribution in [2.24, 2.45) is 0 Å². The summed E-state index contributed by atoms with van der Waals surface area (Å²) in [5.74, 6) is 1.02. The molecule has 0 aliphatic rings. The van der Waals surface area contributed by atoms with Gasteiger partial charge in [0.2, 0.25) is 0 Å². The van der Waals surface area contributed by atoms with Gasteiger partial charge >= 0.3 is 0 Å². The monoisotopic (exact) mass is 204 g/mol. The Morgan fingerprint density at radius 3 is 2.25 bits per heavy atom. The topological polar surface area (TPSA) is 25.8 Å². The third-order valence-corrected chi connectivity index (χ3v) is 2.12. The molecule has 66 valence electrons. The van der Waals surface area contributed by atoms with Crippen LogP contribution in [0, 0.1) is 0 Å². The molecule has 1 heterocycles. The molecule has 2 nitrogen and oxygen atoms in total. The zero-order valence-corrected chi connectivity index (χ0v) is 8.52. The van der Waals surface area contributed by atoms with Crippen molar-refractivity contribution in [1.29, 1.82) is 0 Å². The van der Waals surface area contributed by atoms with Crippen LogP contribution >= 0.6 is 23.2 Å². The molecule has 0 aliphatic heterocycles. The van der Waals surface area contributed by atoms with E-state index in [4.69, 9.17) is 23.2 Å². The zero-order chi connectivity index (χ0) is 9.14. The highest BCUT2D eigenvalue weighted by atomic mass is 35.5. The summed E-state index contributed by atoms with van der Waals surface area (Å²) in [6, 6.07) is 1.54. The fraction of sp³-hybridized carbons (Fsp3) is 0.500. The Morgan fingerprint density at radius 2 is 1.83 bits per heavy atom. The molecule has 4 heteroatoms. The molecular formula is C8H10Cl2N2. The van der Waals surface area contributed by atoms with Crippen molar-refractivity contribution in [3.63, 3.8) is 0 Å². The molecule has 0 saturated heterocycles. The minimum absolute atomic E-state index is 0.307. The molecule has 0 bridgehead atoms. The van der Waals surface area contributed by atoms with E-state index >= 15 is 0 Å². The summed E-state index contributed by atoms with van der Waals surface area (Å²) in [6.07, 6.45) is 0.983. The molecule has 0 N–H and O–H groups in total. The van der Waals surface area contributed by atoms with E-state index in [2.05, 4.69) is 16.9 Å². The van der Waals surface area contributed by atoms with Gasteiger partial charge in [0, 0.05) is 12.0 Å². The van der Waals surface area contributed by atoms with Gasteiger partial charge in [0.15, 0.2) is 0 Å². The van der Waals surface area contributed by atoms with Gasteiger partial charge in [-0.1, -0.05) is 37.0 Å². The van der Waals surface area contributed by atoms with E-state index in [1.165, 1.54) is 6.07 Å². The lowest BCUT2D eigenvalue weighted by atomic mass is 10.1. The first kappa shape index (κ1) is 9.75. The van der Waals surface area contributed by atoms with Crippen LogP contribution in [-0.2, 0) is 0 Å². The van der Waals surface area contributed by atoms with E-state index < -0.39 is 0 Å². The molecule has 0 radical (unpaired) electrons. The van der Waals surface area contributed by atoms with Gasteiger partial charge in [0.25, 0.3) is 0 Å². The Hall–Kier alpha value is -0.340. The van der Waals surface area contributed by atoms with Crippen LogP contribution in [0.25, 0.3) is 0 Å². The van der Waals surface area contributed by atoms with Crippen molar-refractivity contribution >= 4 is 23.2 Å². The summed E-state index contributed by atoms with van der Waals surface area (Å²) in [6.45, 7) is 4.12. The second kappa shape index (κ2) is 4.06. The summed E-state index contributed by atoms with van der Waals surface area (Å²) < 4.78 is 0.